The van der Waals surface area contributed by atoms with Gasteiger partial charge in [0, 0.05) is 23.3 Å². The Morgan fingerprint density at radius 1 is 0.667 bits per heavy atom. The third kappa shape index (κ3) is 6.18. The molecule has 4 heteroatoms. The van der Waals surface area contributed by atoms with Crippen LogP contribution in [0.3, 0.4) is 0 Å². The number of hydrogen-bond acceptors (Lipinski definition) is 0. The van der Waals surface area contributed by atoms with Gasteiger partial charge in [-0.05, 0) is 38.8 Å². The van der Waals surface area contributed by atoms with Gasteiger partial charge in [0.15, 0.2) is 37.9 Å². The number of hydrogen-bond donors (Lipinski definition) is 0. The molecule has 116 valence electrons. The molecule has 0 aliphatic carbocycles. The average molecular weight is 510 g/mol. The van der Waals surface area contributed by atoms with Crippen LogP contribution in [0.15, 0.2) is 36.9 Å². The van der Waals surface area contributed by atoms with E-state index in [9.17, 15) is 0 Å². The van der Waals surface area contributed by atoms with Crippen molar-refractivity contribution in [2.45, 2.75) is 47.2 Å². The number of rotatable bonds is 4. The van der Waals surface area contributed by atoms with Gasteiger partial charge in [0.1, 0.15) is 0 Å². The molecule has 0 bridgehead atoms. The highest BCUT2D eigenvalue weighted by Crippen LogP contribution is 2.02. The fraction of sp³-hybridized carbons (Fsp3) is 0.412. The summed E-state index contributed by atoms with van der Waals surface area (Å²) in [5.41, 5.74) is 5.45. The number of halogens is 2. The number of nitrogens with zero attached hydrogens (tertiary/aromatic N) is 2. The van der Waals surface area contributed by atoms with E-state index in [-0.39, 0.29) is 48.0 Å². The molecule has 0 atom stereocenters. The molecule has 0 aliphatic heterocycles. The van der Waals surface area contributed by atoms with Crippen LogP contribution in [0.5, 0.6) is 0 Å². The van der Waals surface area contributed by atoms with Gasteiger partial charge in [0.05, 0.1) is 6.42 Å². The van der Waals surface area contributed by atoms with E-state index in [4.69, 9.17) is 0 Å². The van der Waals surface area contributed by atoms with Crippen molar-refractivity contribution in [3.05, 3.63) is 59.2 Å². The van der Waals surface area contributed by atoms with Crippen LogP contribution in [-0.4, -0.2) is 0 Å². The molecule has 0 amide bonds. The predicted molar refractivity (Wildman–Crippen MR) is 76.8 cm³/mol. The van der Waals surface area contributed by atoms with Crippen molar-refractivity contribution >= 4 is 0 Å². The molecule has 2 aromatic rings. The fourth-order valence-corrected chi connectivity index (χ4v) is 2.18. The molecule has 2 aromatic heterocycles. The second-order valence-corrected chi connectivity index (χ2v) is 5.45. The lowest BCUT2D eigenvalue weighted by molar-refractivity contribution is -0.727. The Morgan fingerprint density at radius 2 is 1.05 bits per heavy atom. The summed E-state index contributed by atoms with van der Waals surface area (Å²) in [5.74, 6) is 0. The average Bonchev–Trinajstić information content (AvgIpc) is 2.38. The van der Waals surface area contributed by atoms with Gasteiger partial charge >= 0.3 is 0 Å². The van der Waals surface area contributed by atoms with Crippen LogP contribution in [0.1, 0.15) is 28.7 Å². The molecule has 0 aliphatic rings. The van der Waals surface area contributed by atoms with Crippen molar-refractivity contribution in [1.82, 2.24) is 0 Å². The van der Waals surface area contributed by atoms with E-state index in [1.807, 2.05) is 0 Å². The van der Waals surface area contributed by atoms with Gasteiger partial charge in [-0.15, -0.1) is 0 Å². The summed E-state index contributed by atoms with van der Waals surface area (Å²) in [4.78, 5) is 0. The van der Waals surface area contributed by atoms with Crippen LogP contribution in [0.4, 0.5) is 0 Å². The molecule has 0 N–H and O–H groups in total. The standard InChI is InChI=1S/C17H24N2.2HI/c1-14-6-10-18(12-16(14)3)8-5-9-19-11-7-15(2)17(4)13-19;;/h6-7,10-13H,5,8-9H2,1-4H3;2*1H/q+2;;/p-2. The Kier molecular flexibility index (Phi) is 9.60. The van der Waals surface area contributed by atoms with E-state index in [1.54, 1.807) is 0 Å². The maximum atomic E-state index is 2.28. The van der Waals surface area contributed by atoms with Crippen molar-refractivity contribution in [2.24, 2.45) is 0 Å². The van der Waals surface area contributed by atoms with E-state index in [1.165, 1.54) is 22.3 Å². The van der Waals surface area contributed by atoms with Crippen molar-refractivity contribution in [3.63, 3.8) is 0 Å². The zero-order valence-electron chi connectivity index (χ0n) is 13.2. The molecule has 0 spiro atoms. The molecule has 0 unspecified atom stereocenters. The molecule has 2 rings (SSSR count). The molecule has 2 heterocycles. The maximum absolute atomic E-state index is 2.28. The van der Waals surface area contributed by atoms with Crippen molar-refractivity contribution in [3.8, 4) is 0 Å². The molecule has 0 saturated heterocycles. The van der Waals surface area contributed by atoms with E-state index in [0.717, 1.165) is 19.5 Å². The zero-order valence-corrected chi connectivity index (χ0v) is 17.6. The van der Waals surface area contributed by atoms with Gasteiger partial charge in [-0.2, -0.15) is 0 Å². The van der Waals surface area contributed by atoms with E-state index in [0.29, 0.717) is 0 Å². The smallest absolute Gasteiger partial charge is 0.171 e. The van der Waals surface area contributed by atoms with Crippen LogP contribution in [0.2, 0.25) is 0 Å². The third-order valence-corrected chi connectivity index (χ3v) is 3.83. The molecule has 0 aromatic carbocycles. The second kappa shape index (κ2) is 9.71. The van der Waals surface area contributed by atoms with Crippen molar-refractivity contribution < 1.29 is 57.1 Å². The first-order valence-electron chi connectivity index (χ1n) is 6.99. The minimum atomic E-state index is 0. The van der Waals surface area contributed by atoms with Gasteiger partial charge < -0.3 is 48.0 Å². The Morgan fingerprint density at radius 3 is 1.38 bits per heavy atom. The Balaban J connectivity index is 0.00000200. The van der Waals surface area contributed by atoms with Gasteiger partial charge in [-0.3, -0.25) is 0 Å². The molecule has 2 nitrogen and oxygen atoms in total. The number of aromatic nitrogens is 2. The summed E-state index contributed by atoms with van der Waals surface area (Å²) < 4.78 is 4.56. The van der Waals surface area contributed by atoms with E-state index in [2.05, 4.69) is 73.7 Å². The van der Waals surface area contributed by atoms with Gasteiger partial charge in [0.2, 0.25) is 0 Å². The topological polar surface area (TPSA) is 7.76 Å². The van der Waals surface area contributed by atoms with Crippen molar-refractivity contribution in [2.75, 3.05) is 0 Å². The number of pyridine rings is 2. The molecule has 0 radical (unpaired) electrons. The van der Waals surface area contributed by atoms with Gasteiger partial charge in [-0.25, -0.2) is 9.13 Å². The van der Waals surface area contributed by atoms with Crippen LogP contribution in [0.25, 0.3) is 0 Å². The SMILES string of the molecule is Cc1cc[n+](CCC[n+]2ccc(C)c(C)c2)cc1C.[I-].[I-]. The minimum absolute atomic E-state index is 0. The highest BCUT2D eigenvalue weighted by Gasteiger charge is 2.07. The summed E-state index contributed by atoms with van der Waals surface area (Å²) >= 11 is 0. The van der Waals surface area contributed by atoms with Crippen LogP contribution < -0.4 is 57.1 Å². The lowest BCUT2D eigenvalue weighted by Gasteiger charge is -2.01. The lowest BCUT2D eigenvalue weighted by atomic mass is 10.2. The van der Waals surface area contributed by atoms with E-state index >= 15 is 0 Å². The molecular weight excluding hydrogens is 486 g/mol. The fourth-order valence-electron chi connectivity index (χ4n) is 2.18. The molecule has 0 saturated carbocycles. The Labute approximate surface area is 162 Å². The summed E-state index contributed by atoms with van der Waals surface area (Å²) in [6.45, 7) is 10.8. The van der Waals surface area contributed by atoms with Crippen molar-refractivity contribution in [1.29, 1.82) is 0 Å². The van der Waals surface area contributed by atoms with Crippen LogP contribution in [0, 0.1) is 27.7 Å². The Bertz CT molecular complexity index is 531. The first kappa shape index (κ1) is 20.8. The van der Waals surface area contributed by atoms with E-state index < -0.39 is 0 Å². The summed E-state index contributed by atoms with van der Waals surface area (Å²) in [6.07, 6.45) is 9.97. The minimum Gasteiger partial charge on any atom is -1.00 e. The predicted octanol–water partition coefficient (Wildman–Crippen LogP) is -3.41. The van der Waals surface area contributed by atoms with Gasteiger partial charge in [0.25, 0.3) is 0 Å². The highest BCUT2D eigenvalue weighted by molar-refractivity contribution is 5.17. The summed E-state index contributed by atoms with van der Waals surface area (Å²) in [7, 11) is 0. The first-order valence-corrected chi connectivity index (χ1v) is 6.99. The first-order chi connectivity index (χ1) is 9.06. The monoisotopic (exact) mass is 510 g/mol. The van der Waals surface area contributed by atoms with Gasteiger partial charge in [-0.1, -0.05) is 0 Å². The summed E-state index contributed by atoms with van der Waals surface area (Å²) in [5, 5.41) is 0. The maximum Gasteiger partial charge on any atom is 0.171 e. The molecule has 0 fully saturated rings. The zero-order chi connectivity index (χ0) is 13.8. The third-order valence-electron chi connectivity index (χ3n) is 3.83. The van der Waals surface area contributed by atoms with Crippen LogP contribution >= 0.6 is 0 Å². The summed E-state index contributed by atoms with van der Waals surface area (Å²) in [6, 6.07) is 4.39. The Hall–Kier alpha value is -0.240. The van der Waals surface area contributed by atoms with Crippen LogP contribution in [-0.2, 0) is 13.1 Å². The second-order valence-electron chi connectivity index (χ2n) is 5.45. The largest absolute Gasteiger partial charge is 1.00 e. The number of aryl methyl sites for hydroxylation is 6. The molecule has 21 heavy (non-hydrogen) atoms. The lowest BCUT2D eigenvalue weighted by Crippen LogP contribution is -3.00. The quantitative estimate of drug-likeness (QED) is 0.300. The normalized spacial score (nSPS) is 9.71. The molecular formula is C17H24I2N2. The highest BCUT2D eigenvalue weighted by atomic mass is 127.